The van der Waals surface area contributed by atoms with Crippen molar-refractivity contribution in [3.8, 4) is 0 Å². The first-order valence-electron chi connectivity index (χ1n) is 17.6. The van der Waals surface area contributed by atoms with Gasteiger partial charge < -0.3 is 9.88 Å². The normalized spacial score (nSPS) is 16.4. The van der Waals surface area contributed by atoms with Gasteiger partial charge in [0.1, 0.15) is 12.0 Å². The first-order valence-corrected chi connectivity index (χ1v) is 17.6. The molecular formula is C47H32N4. The molecule has 51 heavy (non-hydrogen) atoms. The van der Waals surface area contributed by atoms with Gasteiger partial charge >= 0.3 is 0 Å². The molecule has 10 aromatic rings. The minimum Gasteiger partial charge on any atom is -0.350 e. The van der Waals surface area contributed by atoms with Crippen molar-refractivity contribution in [2.75, 3.05) is 0 Å². The molecule has 2 unspecified atom stereocenters. The van der Waals surface area contributed by atoms with Gasteiger partial charge in [0, 0.05) is 27.1 Å². The lowest BCUT2D eigenvalue weighted by molar-refractivity contribution is 0.343. The number of amidine groups is 1. The van der Waals surface area contributed by atoms with Crippen LogP contribution in [0.15, 0.2) is 175 Å². The topological polar surface area (TPSA) is 41.4 Å². The standard InChI is InChI=1S/C47H32N4/c1-2-15-30(16-3-1)45-48-46(40-28-31-17-5-6-18-32(31)34-20-8-9-21-35(34)40)50-47(49-45)51-41-25-13-12-24-39(41)43-42-33-19-7-4-14-29(33)26-27-37(42)36-22-10-11-23-38(36)44(43)51/h1-28,46-47,50H,(H,48,49). The molecule has 2 heterocycles. The molecule has 9 aromatic carbocycles. The van der Waals surface area contributed by atoms with Gasteiger partial charge in [-0.05, 0) is 60.8 Å². The SMILES string of the molecule is c1ccc(C2=NC(n3c4ccccc4c4c5c6ccccc6ccc5c5ccccc5c43)NC(c3cc4ccccc4c4ccccc34)N2)cc1. The molecule has 0 saturated heterocycles. The van der Waals surface area contributed by atoms with Crippen LogP contribution >= 0.6 is 0 Å². The molecule has 0 saturated carbocycles. The zero-order valence-corrected chi connectivity index (χ0v) is 27.7. The molecule has 0 spiro atoms. The first-order chi connectivity index (χ1) is 25.3. The Kier molecular flexibility index (Phi) is 6.12. The first kappa shape index (κ1) is 28.4. The minimum absolute atomic E-state index is 0.221. The molecule has 0 fully saturated rings. The van der Waals surface area contributed by atoms with Crippen LogP contribution in [-0.4, -0.2) is 10.4 Å². The van der Waals surface area contributed by atoms with E-state index in [1.165, 1.54) is 75.7 Å². The molecule has 1 aliphatic rings. The van der Waals surface area contributed by atoms with E-state index in [-0.39, 0.29) is 6.17 Å². The van der Waals surface area contributed by atoms with Crippen molar-refractivity contribution in [1.29, 1.82) is 0 Å². The average Bonchev–Trinajstić information content (AvgIpc) is 3.56. The van der Waals surface area contributed by atoms with E-state index in [9.17, 15) is 0 Å². The lowest BCUT2D eigenvalue weighted by Gasteiger charge is -2.34. The number of nitrogens with one attached hydrogen (secondary N) is 2. The molecule has 1 aliphatic heterocycles. The molecule has 4 heteroatoms. The predicted molar refractivity (Wildman–Crippen MR) is 214 cm³/mol. The highest BCUT2D eigenvalue weighted by molar-refractivity contribution is 6.36. The van der Waals surface area contributed by atoms with Gasteiger partial charge in [0.2, 0.25) is 0 Å². The second-order valence-electron chi connectivity index (χ2n) is 13.6. The van der Waals surface area contributed by atoms with Crippen LogP contribution in [0, 0.1) is 0 Å². The number of benzene rings is 9. The van der Waals surface area contributed by atoms with Crippen LogP contribution in [-0.2, 0) is 0 Å². The Balaban J connectivity index is 1.25. The largest absolute Gasteiger partial charge is 0.350 e. The van der Waals surface area contributed by atoms with Gasteiger partial charge in [-0.3, -0.25) is 5.32 Å². The van der Waals surface area contributed by atoms with E-state index in [2.05, 4.69) is 185 Å². The third-order valence-corrected chi connectivity index (χ3v) is 10.8. The van der Waals surface area contributed by atoms with Crippen LogP contribution in [0.3, 0.4) is 0 Å². The lowest BCUT2D eigenvalue weighted by Crippen LogP contribution is -2.46. The Bertz CT molecular complexity index is 3050. The Morgan fingerprint density at radius 1 is 0.451 bits per heavy atom. The quantitative estimate of drug-likeness (QED) is 0.187. The number of aromatic nitrogens is 1. The number of hydrogen-bond donors (Lipinski definition) is 2. The van der Waals surface area contributed by atoms with Gasteiger partial charge in [-0.2, -0.15) is 0 Å². The molecule has 2 N–H and O–H groups in total. The Morgan fingerprint density at radius 3 is 1.86 bits per heavy atom. The number of nitrogens with zero attached hydrogens (tertiary/aromatic N) is 2. The predicted octanol–water partition coefficient (Wildman–Crippen LogP) is 11.4. The highest BCUT2D eigenvalue weighted by Gasteiger charge is 2.30. The second kappa shape index (κ2) is 11.0. The van der Waals surface area contributed by atoms with E-state index in [0.717, 1.165) is 16.9 Å². The lowest BCUT2D eigenvalue weighted by atomic mass is 9.93. The fraction of sp³-hybridized carbons (Fsp3) is 0.0426. The molecule has 240 valence electrons. The van der Waals surface area contributed by atoms with Crippen LogP contribution in [0.25, 0.3) is 75.7 Å². The van der Waals surface area contributed by atoms with Crippen molar-refractivity contribution in [3.05, 3.63) is 181 Å². The highest BCUT2D eigenvalue weighted by Crippen LogP contribution is 2.45. The molecule has 0 radical (unpaired) electrons. The number of aliphatic imine (C=N–C) groups is 1. The second-order valence-corrected chi connectivity index (χ2v) is 13.6. The maximum Gasteiger partial charge on any atom is 0.184 e. The molecular weight excluding hydrogens is 621 g/mol. The number of para-hydroxylation sites is 1. The van der Waals surface area contributed by atoms with Gasteiger partial charge in [0.15, 0.2) is 6.29 Å². The molecule has 11 rings (SSSR count). The average molecular weight is 653 g/mol. The van der Waals surface area contributed by atoms with Crippen molar-refractivity contribution in [2.24, 2.45) is 4.99 Å². The molecule has 0 amide bonds. The third-order valence-electron chi connectivity index (χ3n) is 10.8. The van der Waals surface area contributed by atoms with Gasteiger partial charge in [0.05, 0.1) is 11.0 Å². The summed E-state index contributed by atoms with van der Waals surface area (Å²) >= 11 is 0. The number of hydrogen-bond acceptors (Lipinski definition) is 3. The zero-order valence-electron chi connectivity index (χ0n) is 27.7. The molecule has 0 bridgehead atoms. The van der Waals surface area contributed by atoms with Crippen LogP contribution in [0.1, 0.15) is 23.6 Å². The fourth-order valence-electron chi connectivity index (χ4n) is 8.62. The summed E-state index contributed by atoms with van der Waals surface area (Å²) in [5.74, 6) is 0.864. The van der Waals surface area contributed by atoms with Gasteiger partial charge in [0.25, 0.3) is 0 Å². The summed E-state index contributed by atoms with van der Waals surface area (Å²) in [5.41, 5.74) is 4.59. The molecule has 4 nitrogen and oxygen atoms in total. The summed E-state index contributed by atoms with van der Waals surface area (Å²) in [6.45, 7) is 0. The van der Waals surface area contributed by atoms with Crippen LogP contribution < -0.4 is 10.6 Å². The number of fused-ring (bicyclic) bond motifs is 13. The monoisotopic (exact) mass is 652 g/mol. The van der Waals surface area contributed by atoms with E-state index >= 15 is 0 Å². The van der Waals surface area contributed by atoms with Gasteiger partial charge in [-0.1, -0.05) is 158 Å². The van der Waals surface area contributed by atoms with Gasteiger partial charge in [-0.25, -0.2) is 4.99 Å². The molecule has 2 atom stereocenters. The Hall–Kier alpha value is -6.49. The molecule has 0 aliphatic carbocycles. The maximum absolute atomic E-state index is 5.52. The smallest absolute Gasteiger partial charge is 0.184 e. The van der Waals surface area contributed by atoms with Crippen LogP contribution in [0.2, 0.25) is 0 Å². The van der Waals surface area contributed by atoms with Crippen molar-refractivity contribution in [1.82, 2.24) is 15.2 Å². The van der Waals surface area contributed by atoms with Crippen LogP contribution in [0.5, 0.6) is 0 Å². The van der Waals surface area contributed by atoms with E-state index in [4.69, 9.17) is 4.99 Å². The van der Waals surface area contributed by atoms with Crippen molar-refractivity contribution >= 4 is 81.5 Å². The fourth-order valence-corrected chi connectivity index (χ4v) is 8.62. The maximum atomic E-state index is 5.52. The summed E-state index contributed by atoms with van der Waals surface area (Å²) in [4.78, 5) is 5.52. The Labute approximate surface area is 294 Å². The zero-order chi connectivity index (χ0) is 33.5. The molecule has 1 aromatic heterocycles. The summed E-state index contributed by atoms with van der Waals surface area (Å²) in [7, 11) is 0. The highest BCUT2D eigenvalue weighted by atomic mass is 15.4. The van der Waals surface area contributed by atoms with E-state index in [1.807, 2.05) is 0 Å². The third kappa shape index (κ3) is 4.21. The van der Waals surface area contributed by atoms with E-state index < -0.39 is 6.29 Å². The van der Waals surface area contributed by atoms with Crippen molar-refractivity contribution in [3.63, 3.8) is 0 Å². The summed E-state index contributed by atoms with van der Waals surface area (Å²) in [5, 5.41) is 22.8. The van der Waals surface area contributed by atoms with E-state index in [1.54, 1.807) is 0 Å². The Morgan fingerprint density at radius 2 is 1.06 bits per heavy atom. The van der Waals surface area contributed by atoms with Crippen molar-refractivity contribution in [2.45, 2.75) is 12.5 Å². The number of rotatable bonds is 3. The summed E-state index contributed by atoms with van der Waals surface area (Å²) in [6, 6.07) is 61.4. The van der Waals surface area contributed by atoms with Crippen LogP contribution in [0.4, 0.5) is 0 Å². The summed E-state index contributed by atoms with van der Waals surface area (Å²) in [6.07, 6.45) is -0.629. The van der Waals surface area contributed by atoms with Gasteiger partial charge in [-0.15, -0.1) is 0 Å². The minimum atomic E-state index is -0.407. The summed E-state index contributed by atoms with van der Waals surface area (Å²) < 4.78 is 2.45. The van der Waals surface area contributed by atoms with E-state index in [0.29, 0.717) is 0 Å². The van der Waals surface area contributed by atoms with Crippen molar-refractivity contribution < 1.29 is 0 Å².